The Morgan fingerprint density at radius 2 is 2.28 bits per heavy atom. The van der Waals surface area contributed by atoms with Crippen LogP contribution in [0.5, 0.6) is 0 Å². The van der Waals surface area contributed by atoms with Crippen LogP contribution in [0.3, 0.4) is 0 Å². The number of nitrogens with two attached hydrogens (primary N) is 1. The van der Waals surface area contributed by atoms with Gasteiger partial charge in [-0.3, -0.25) is 9.59 Å². The van der Waals surface area contributed by atoms with E-state index in [4.69, 9.17) is 5.73 Å². The van der Waals surface area contributed by atoms with Crippen molar-refractivity contribution in [2.45, 2.75) is 12.0 Å². The van der Waals surface area contributed by atoms with Crippen molar-refractivity contribution >= 4 is 23.2 Å². The Hall–Kier alpha value is -2.76. The zero-order valence-corrected chi connectivity index (χ0v) is 14.1. The maximum Gasteiger partial charge on any atom is 0.277 e. The second kappa shape index (κ2) is 6.27. The minimum atomic E-state index is -1.72. The number of amides is 2. The van der Waals surface area contributed by atoms with Gasteiger partial charge < -0.3 is 15.7 Å². The summed E-state index contributed by atoms with van der Waals surface area (Å²) in [6.07, 6.45) is 0.220. The highest BCUT2D eigenvalue weighted by molar-refractivity contribution is 7.12. The quantitative estimate of drug-likeness (QED) is 0.782. The summed E-state index contributed by atoms with van der Waals surface area (Å²) in [5.41, 5.74) is 4.29. The number of halogens is 1. The fourth-order valence-corrected chi connectivity index (χ4v) is 3.13. The van der Waals surface area contributed by atoms with Crippen LogP contribution >= 0.6 is 11.3 Å². The van der Waals surface area contributed by atoms with Gasteiger partial charge in [0.1, 0.15) is 5.82 Å². The van der Waals surface area contributed by atoms with Crippen LogP contribution in [0.4, 0.5) is 4.39 Å². The Balaban J connectivity index is 1.94. The molecular weight excluding hydrogens is 345 g/mol. The highest BCUT2D eigenvalue weighted by Gasteiger charge is 2.42. The number of hydrogen-bond donors (Lipinski definition) is 2. The third kappa shape index (κ3) is 3.24. The molecule has 8 heteroatoms. The second-order valence-corrected chi connectivity index (χ2v) is 6.54. The molecular formula is C17H14FN3O3S. The van der Waals surface area contributed by atoms with Crippen LogP contribution in [0.15, 0.2) is 23.6 Å². The Bertz CT molecular complexity index is 931. The number of aromatic nitrogens is 1. The molecule has 0 spiro atoms. The third-order valence-electron chi connectivity index (χ3n) is 3.88. The van der Waals surface area contributed by atoms with E-state index in [1.807, 2.05) is 0 Å². The van der Waals surface area contributed by atoms with Crippen molar-refractivity contribution < 1.29 is 19.1 Å². The molecule has 2 aromatic rings. The van der Waals surface area contributed by atoms with Crippen LogP contribution in [0.2, 0.25) is 0 Å². The molecule has 1 saturated heterocycles. The summed E-state index contributed by atoms with van der Waals surface area (Å²) in [7, 11) is 1.59. The van der Waals surface area contributed by atoms with E-state index in [1.54, 1.807) is 7.05 Å². The van der Waals surface area contributed by atoms with Crippen molar-refractivity contribution in [1.82, 2.24) is 9.88 Å². The Morgan fingerprint density at radius 3 is 2.88 bits per heavy atom. The predicted molar refractivity (Wildman–Crippen MR) is 90.1 cm³/mol. The Kier molecular flexibility index (Phi) is 4.29. The number of nitrogens with zero attached hydrogens (tertiary/aromatic N) is 2. The summed E-state index contributed by atoms with van der Waals surface area (Å²) in [6, 6.07) is 4.11. The van der Waals surface area contributed by atoms with Gasteiger partial charge in [-0.2, -0.15) is 0 Å². The summed E-state index contributed by atoms with van der Waals surface area (Å²) >= 11 is 1.02. The minimum Gasteiger partial charge on any atom is -0.369 e. The zero-order valence-electron chi connectivity index (χ0n) is 13.2. The molecule has 2 heterocycles. The largest absolute Gasteiger partial charge is 0.369 e. The molecule has 1 aliphatic heterocycles. The van der Waals surface area contributed by atoms with Gasteiger partial charge in [0.15, 0.2) is 5.01 Å². The van der Waals surface area contributed by atoms with E-state index in [1.165, 1.54) is 28.5 Å². The van der Waals surface area contributed by atoms with Gasteiger partial charge in [-0.05, 0) is 18.2 Å². The molecule has 0 radical (unpaired) electrons. The van der Waals surface area contributed by atoms with E-state index >= 15 is 0 Å². The highest BCUT2D eigenvalue weighted by atomic mass is 32.1. The lowest BCUT2D eigenvalue weighted by Crippen LogP contribution is -2.37. The summed E-state index contributed by atoms with van der Waals surface area (Å²) in [4.78, 5) is 28.5. The van der Waals surface area contributed by atoms with E-state index < -0.39 is 23.2 Å². The molecule has 2 amide bonds. The van der Waals surface area contributed by atoms with E-state index in [2.05, 4.69) is 16.8 Å². The summed E-state index contributed by atoms with van der Waals surface area (Å²) in [6.45, 7) is 0.424. The van der Waals surface area contributed by atoms with Crippen LogP contribution < -0.4 is 5.73 Å². The van der Waals surface area contributed by atoms with Gasteiger partial charge >= 0.3 is 0 Å². The molecule has 1 aromatic heterocycles. The number of hydrogen-bond acceptors (Lipinski definition) is 5. The molecule has 6 nitrogen and oxygen atoms in total. The van der Waals surface area contributed by atoms with Crippen molar-refractivity contribution in [2.24, 2.45) is 5.73 Å². The van der Waals surface area contributed by atoms with Crippen LogP contribution in [-0.4, -0.2) is 46.0 Å². The first-order valence-corrected chi connectivity index (χ1v) is 8.24. The fraction of sp³-hybridized carbons (Fsp3) is 0.235. The SMILES string of the molecule is CN1CC[C@@](O)(C#Cc2ccc(F)c(-c3csc(C(N)=O)n3)c2)C1=O. The maximum atomic E-state index is 14.1. The first-order chi connectivity index (χ1) is 11.8. The van der Waals surface area contributed by atoms with Gasteiger partial charge in [0.2, 0.25) is 5.60 Å². The van der Waals surface area contributed by atoms with E-state index in [0.29, 0.717) is 12.1 Å². The Labute approximate surface area is 147 Å². The average molecular weight is 359 g/mol. The number of carbonyl (C=O) groups is 2. The molecule has 25 heavy (non-hydrogen) atoms. The molecule has 0 unspecified atom stereocenters. The fourth-order valence-electron chi connectivity index (χ4n) is 2.46. The number of rotatable bonds is 2. The van der Waals surface area contributed by atoms with Gasteiger partial charge in [0.25, 0.3) is 11.8 Å². The van der Waals surface area contributed by atoms with Gasteiger partial charge in [-0.15, -0.1) is 11.3 Å². The van der Waals surface area contributed by atoms with E-state index in [0.717, 1.165) is 11.3 Å². The molecule has 1 atom stereocenters. The van der Waals surface area contributed by atoms with Crippen molar-refractivity contribution in [2.75, 3.05) is 13.6 Å². The number of primary amides is 1. The third-order valence-corrected chi connectivity index (χ3v) is 4.74. The molecule has 128 valence electrons. The van der Waals surface area contributed by atoms with Crippen LogP contribution in [0.25, 0.3) is 11.3 Å². The molecule has 1 aliphatic rings. The maximum absolute atomic E-state index is 14.1. The lowest BCUT2D eigenvalue weighted by atomic mass is 10.0. The lowest BCUT2D eigenvalue weighted by Gasteiger charge is -2.13. The first-order valence-electron chi connectivity index (χ1n) is 7.36. The summed E-state index contributed by atoms with van der Waals surface area (Å²) in [5.74, 6) is 3.63. The molecule has 1 fully saturated rings. The van der Waals surface area contributed by atoms with Crippen molar-refractivity contribution in [3.63, 3.8) is 0 Å². The van der Waals surface area contributed by atoms with Gasteiger partial charge in [0, 0.05) is 36.5 Å². The highest BCUT2D eigenvalue weighted by Crippen LogP contribution is 2.26. The molecule has 3 N–H and O–H groups in total. The molecule has 3 rings (SSSR count). The monoisotopic (exact) mass is 359 g/mol. The molecule has 0 aliphatic carbocycles. The smallest absolute Gasteiger partial charge is 0.277 e. The number of aliphatic hydroxyl groups is 1. The predicted octanol–water partition coefficient (Wildman–Crippen LogP) is 0.993. The van der Waals surface area contributed by atoms with Gasteiger partial charge in [-0.25, -0.2) is 9.37 Å². The van der Waals surface area contributed by atoms with Gasteiger partial charge in [0.05, 0.1) is 5.69 Å². The second-order valence-electron chi connectivity index (χ2n) is 5.68. The Morgan fingerprint density at radius 1 is 1.52 bits per heavy atom. The normalized spacial score (nSPS) is 19.6. The van der Waals surface area contributed by atoms with Crippen molar-refractivity contribution in [3.05, 3.63) is 40.0 Å². The topological polar surface area (TPSA) is 96.5 Å². The number of likely N-dealkylation sites (tertiary alicyclic amines) is 1. The number of likely N-dealkylation sites (N-methyl/N-ethyl adjacent to an activating group) is 1. The number of carbonyl (C=O) groups excluding carboxylic acids is 2. The van der Waals surface area contributed by atoms with E-state index in [-0.39, 0.29) is 22.7 Å². The number of thiazole rings is 1. The molecule has 0 saturated carbocycles. The summed E-state index contributed by atoms with van der Waals surface area (Å²) < 4.78 is 14.1. The van der Waals surface area contributed by atoms with Crippen LogP contribution in [0, 0.1) is 17.7 Å². The minimum absolute atomic E-state index is 0.0831. The molecule has 0 bridgehead atoms. The van der Waals surface area contributed by atoms with Crippen molar-refractivity contribution in [3.8, 4) is 23.1 Å². The summed E-state index contributed by atoms with van der Waals surface area (Å²) in [5, 5.41) is 11.9. The first kappa shape index (κ1) is 17.1. The zero-order chi connectivity index (χ0) is 18.2. The molecule has 1 aromatic carbocycles. The lowest BCUT2D eigenvalue weighted by molar-refractivity contribution is -0.137. The number of benzene rings is 1. The average Bonchev–Trinajstić information content (AvgIpc) is 3.16. The van der Waals surface area contributed by atoms with E-state index in [9.17, 15) is 19.1 Å². The van der Waals surface area contributed by atoms with Crippen LogP contribution in [0.1, 0.15) is 21.8 Å². The van der Waals surface area contributed by atoms with Crippen molar-refractivity contribution in [1.29, 1.82) is 0 Å². The van der Waals surface area contributed by atoms with Gasteiger partial charge in [-0.1, -0.05) is 11.8 Å². The standard InChI is InChI=1S/C17H14FN3O3S/c1-21-7-6-17(24,16(21)23)5-4-10-2-3-12(18)11(8-10)13-9-25-15(20-13)14(19)22/h2-3,8-9,24H,6-7H2,1H3,(H2,19,22)/t17-/m0/s1. The van der Waals surface area contributed by atoms with Crippen LogP contribution in [-0.2, 0) is 4.79 Å².